The average molecular weight is 261 g/mol. The van der Waals surface area contributed by atoms with Crippen LogP contribution in [0.3, 0.4) is 0 Å². The maximum Gasteiger partial charge on any atom is 0.305 e. The lowest BCUT2D eigenvalue weighted by Gasteiger charge is -2.21. The minimum absolute atomic E-state index is 0.0850. The van der Waals surface area contributed by atoms with Crippen LogP contribution in [0.5, 0.6) is 0 Å². The quantitative estimate of drug-likeness (QED) is 0.873. The Bertz CT molecular complexity index is 480. The smallest absolute Gasteiger partial charge is 0.305 e. The molecule has 0 saturated carbocycles. The van der Waals surface area contributed by atoms with Crippen molar-refractivity contribution in [3.63, 3.8) is 0 Å². The van der Waals surface area contributed by atoms with E-state index in [1.54, 1.807) is 0 Å². The van der Waals surface area contributed by atoms with Crippen molar-refractivity contribution >= 4 is 11.9 Å². The SMILES string of the molecule is CC(=O)NC(CC(=O)O)c1ccc2c(c1)CCCC2. The summed E-state index contributed by atoms with van der Waals surface area (Å²) in [6, 6.07) is 5.62. The summed E-state index contributed by atoms with van der Waals surface area (Å²) in [5.74, 6) is -1.11. The number of nitrogens with one attached hydrogen (secondary N) is 1. The molecule has 4 heteroatoms. The molecule has 19 heavy (non-hydrogen) atoms. The number of fused-ring (bicyclic) bond motifs is 1. The van der Waals surface area contributed by atoms with Gasteiger partial charge in [-0.15, -0.1) is 0 Å². The van der Waals surface area contributed by atoms with Crippen molar-refractivity contribution in [2.75, 3.05) is 0 Å². The third-order valence-corrected chi connectivity index (χ3v) is 3.53. The van der Waals surface area contributed by atoms with Gasteiger partial charge in [-0.05, 0) is 42.4 Å². The molecule has 0 spiro atoms. The van der Waals surface area contributed by atoms with Crippen molar-refractivity contribution in [3.05, 3.63) is 34.9 Å². The van der Waals surface area contributed by atoms with E-state index in [1.165, 1.54) is 30.9 Å². The topological polar surface area (TPSA) is 66.4 Å². The van der Waals surface area contributed by atoms with E-state index in [0.29, 0.717) is 0 Å². The molecule has 0 aromatic heterocycles. The Labute approximate surface area is 112 Å². The van der Waals surface area contributed by atoms with Crippen molar-refractivity contribution < 1.29 is 14.7 Å². The van der Waals surface area contributed by atoms with E-state index >= 15 is 0 Å². The van der Waals surface area contributed by atoms with Gasteiger partial charge in [0.1, 0.15) is 0 Å². The van der Waals surface area contributed by atoms with E-state index in [9.17, 15) is 9.59 Å². The minimum Gasteiger partial charge on any atom is -0.481 e. The zero-order valence-electron chi connectivity index (χ0n) is 11.1. The van der Waals surface area contributed by atoms with E-state index in [4.69, 9.17) is 5.11 Å². The highest BCUT2D eigenvalue weighted by Gasteiger charge is 2.18. The molecule has 2 rings (SSSR count). The van der Waals surface area contributed by atoms with Gasteiger partial charge < -0.3 is 10.4 Å². The van der Waals surface area contributed by atoms with E-state index < -0.39 is 12.0 Å². The van der Waals surface area contributed by atoms with Crippen LogP contribution >= 0.6 is 0 Å². The molecule has 0 saturated heterocycles. The molecule has 2 N–H and O–H groups in total. The van der Waals surface area contributed by atoms with Crippen molar-refractivity contribution in [3.8, 4) is 0 Å². The van der Waals surface area contributed by atoms with Gasteiger partial charge in [-0.3, -0.25) is 9.59 Å². The first-order valence-electron chi connectivity index (χ1n) is 6.67. The molecular weight excluding hydrogens is 242 g/mol. The number of hydrogen-bond acceptors (Lipinski definition) is 2. The average Bonchev–Trinajstić information content (AvgIpc) is 2.36. The highest BCUT2D eigenvalue weighted by atomic mass is 16.4. The fourth-order valence-corrected chi connectivity index (χ4v) is 2.64. The first kappa shape index (κ1) is 13.6. The third-order valence-electron chi connectivity index (χ3n) is 3.53. The van der Waals surface area contributed by atoms with Crippen LogP contribution < -0.4 is 5.32 Å². The number of benzene rings is 1. The van der Waals surface area contributed by atoms with E-state index in [1.807, 2.05) is 6.07 Å². The van der Waals surface area contributed by atoms with Gasteiger partial charge >= 0.3 is 5.97 Å². The van der Waals surface area contributed by atoms with Crippen LogP contribution in [-0.4, -0.2) is 17.0 Å². The minimum atomic E-state index is -0.906. The lowest BCUT2D eigenvalue weighted by atomic mass is 9.88. The lowest BCUT2D eigenvalue weighted by Crippen LogP contribution is -2.28. The fourth-order valence-electron chi connectivity index (χ4n) is 2.64. The molecule has 102 valence electrons. The molecule has 0 fully saturated rings. The predicted octanol–water partition coefficient (Wildman–Crippen LogP) is 2.22. The number of aliphatic carboxylic acids is 1. The second-order valence-electron chi connectivity index (χ2n) is 5.09. The molecule has 1 amide bonds. The van der Waals surface area contributed by atoms with Crippen molar-refractivity contribution in [1.82, 2.24) is 5.32 Å². The Morgan fingerprint density at radius 1 is 1.26 bits per heavy atom. The monoisotopic (exact) mass is 261 g/mol. The first-order chi connectivity index (χ1) is 9.06. The summed E-state index contributed by atoms with van der Waals surface area (Å²) < 4.78 is 0. The standard InChI is InChI=1S/C15H19NO3/c1-10(17)16-14(9-15(18)19)13-7-6-11-4-2-3-5-12(11)8-13/h6-8,14H,2-5,9H2,1H3,(H,16,17)(H,18,19). The summed E-state index contributed by atoms with van der Waals surface area (Å²) in [6.07, 6.45) is 4.46. The van der Waals surface area contributed by atoms with Crippen molar-refractivity contribution in [1.29, 1.82) is 0 Å². The maximum atomic E-state index is 11.2. The van der Waals surface area contributed by atoms with Gasteiger partial charge in [0, 0.05) is 6.92 Å². The normalized spacial score (nSPS) is 15.4. The molecule has 1 aliphatic carbocycles. The Kier molecular flexibility index (Phi) is 4.20. The number of aryl methyl sites for hydroxylation is 2. The second-order valence-corrected chi connectivity index (χ2v) is 5.09. The van der Waals surface area contributed by atoms with E-state index in [0.717, 1.165) is 18.4 Å². The summed E-state index contributed by atoms with van der Waals surface area (Å²) >= 11 is 0. The second kappa shape index (κ2) is 5.87. The van der Waals surface area contributed by atoms with Crippen LogP contribution in [0.15, 0.2) is 18.2 Å². The Balaban J connectivity index is 2.25. The molecule has 0 heterocycles. The molecule has 4 nitrogen and oxygen atoms in total. The largest absolute Gasteiger partial charge is 0.481 e. The van der Waals surface area contributed by atoms with Gasteiger partial charge in [0.25, 0.3) is 0 Å². The molecule has 1 aromatic rings. The summed E-state index contributed by atoms with van der Waals surface area (Å²) in [6.45, 7) is 1.41. The number of carbonyl (C=O) groups is 2. The summed E-state index contributed by atoms with van der Waals surface area (Å²) in [5.41, 5.74) is 3.54. The Hall–Kier alpha value is -1.84. The van der Waals surface area contributed by atoms with Gasteiger partial charge in [-0.1, -0.05) is 18.2 Å². The summed E-state index contributed by atoms with van der Waals surface area (Å²) in [4.78, 5) is 22.1. The first-order valence-corrected chi connectivity index (χ1v) is 6.67. The molecule has 0 aliphatic heterocycles. The maximum absolute atomic E-state index is 11.2. The summed E-state index contributed by atoms with van der Waals surface area (Å²) in [7, 11) is 0. The third kappa shape index (κ3) is 3.56. The zero-order valence-corrected chi connectivity index (χ0v) is 11.1. The van der Waals surface area contributed by atoms with Gasteiger partial charge in [-0.25, -0.2) is 0 Å². The molecule has 1 aliphatic rings. The molecule has 1 aromatic carbocycles. The highest BCUT2D eigenvalue weighted by molar-refractivity contribution is 5.75. The van der Waals surface area contributed by atoms with Crippen LogP contribution in [0.25, 0.3) is 0 Å². The molecule has 0 radical (unpaired) electrons. The van der Waals surface area contributed by atoms with Crippen LogP contribution in [0.4, 0.5) is 0 Å². The van der Waals surface area contributed by atoms with E-state index in [2.05, 4.69) is 17.4 Å². The number of hydrogen-bond donors (Lipinski definition) is 2. The number of amides is 1. The molecular formula is C15H19NO3. The molecule has 1 unspecified atom stereocenters. The Morgan fingerprint density at radius 3 is 2.58 bits per heavy atom. The lowest BCUT2D eigenvalue weighted by molar-refractivity contribution is -0.137. The van der Waals surface area contributed by atoms with Crippen molar-refractivity contribution in [2.45, 2.75) is 45.1 Å². The van der Waals surface area contributed by atoms with Gasteiger partial charge in [0.2, 0.25) is 5.91 Å². The van der Waals surface area contributed by atoms with E-state index in [-0.39, 0.29) is 12.3 Å². The number of carboxylic acid groups (broad SMARTS) is 1. The highest BCUT2D eigenvalue weighted by Crippen LogP contribution is 2.26. The Morgan fingerprint density at radius 2 is 1.95 bits per heavy atom. The predicted molar refractivity (Wildman–Crippen MR) is 71.9 cm³/mol. The van der Waals surface area contributed by atoms with Gasteiger partial charge in [0.05, 0.1) is 12.5 Å². The van der Waals surface area contributed by atoms with Crippen LogP contribution in [0.2, 0.25) is 0 Å². The van der Waals surface area contributed by atoms with Crippen LogP contribution in [0.1, 0.15) is 48.9 Å². The molecule has 1 atom stereocenters. The van der Waals surface area contributed by atoms with Crippen molar-refractivity contribution in [2.24, 2.45) is 0 Å². The van der Waals surface area contributed by atoms with Gasteiger partial charge in [-0.2, -0.15) is 0 Å². The van der Waals surface area contributed by atoms with Crippen LogP contribution in [-0.2, 0) is 22.4 Å². The molecule has 0 bridgehead atoms. The number of carbonyl (C=O) groups excluding carboxylic acids is 1. The fraction of sp³-hybridized carbons (Fsp3) is 0.467. The van der Waals surface area contributed by atoms with Gasteiger partial charge in [0.15, 0.2) is 0 Å². The number of carboxylic acids is 1. The summed E-state index contributed by atoms with van der Waals surface area (Å²) in [5, 5.41) is 11.7. The number of rotatable bonds is 4. The van der Waals surface area contributed by atoms with Crippen LogP contribution in [0, 0.1) is 0 Å². The zero-order chi connectivity index (χ0) is 13.8.